The van der Waals surface area contributed by atoms with E-state index in [0.717, 1.165) is 27.8 Å². The zero-order valence-electron chi connectivity index (χ0n) is 10.5. The third-order valence-corrected chi connectivity index (χ3v) is 3.60. The van der Waals surface area contributed by atoms with E-state index in [0.29, 0.717) is 12.0 Å². The Morgan fingerprint density at radius 1 is 1.38 bits per heavy atom. The van der Waals surface area contributed by atoms with Gasteiger partial charge in [-0.25, -0.2) is 0 Å². The van der Waals surface area contributed by atoms with Crippen LogP contribution in [0.25, 0.3) is 0 Å². The number of benzene rings is 1. The monoisotopic (exact) mass is 284 g/mol. The Morgan fingerprint density at radius 3 is 2.50 bits per heavy atom. The number of nitrogens with two attached hydrogens (primary N) is 1. The van der Waals surface area contributed by atoms with E-state index in [-0.39, 0.29) is 0 Å². The first-order valence-corrected chi connectivity index (χ1v) is 6.57. The molecular weight excluding hydrogens is 264 g/mol. The quantitative estimate of drug-likeness (QED) is 0.814. The van der Waals surface area contributed by atoms with Crippen molar-refractivity contribution in [3.8, 4) is 0 Å². The highest BCUT2D eigenvalue weighted by Gasteiger charge is 2.12. The summed E-state index contributed by atoms with van der Waals surface area (Å²) in [5.41, 5.74) is 8.93. The minimum absolute atomic E-state index is 0.499. The number of halogens is 1. The van der Waals surface area contributed by atoms with Gasteiger partial charge in [-0.05, 0) is 52.9 Å². The topological polar surface area (TPSA) is 38.0 Å². The van der Waals surface area contributed by atoms with Crippen LogP contribution in [0.4, 0.5) is 11.4 Å². The average Bonchev–Trinajstić information content (AvgIpc) is 2.21. The summed E-state index contributed by atoms with van der Waals surface area (Å²) in [6, 6.07) is 4.56. The Labute approximate surface area is 107 Å². The van der Waals surface area contributed by atoms with Crippen molar-refractivity contribution in [2.24, 2.45) is 5.92 Å². The minimum atomic E-state index is 0.499. The van der Waals surface area contributed by atoms with Crippen molar-refractivity contribution < 1.29 is 0 Å². The maximum Gasteiger partial charge on any atom is 0.0491 e. The molecule has 0 radical (unpaired) electrons. The summed E-state index contributed by atoms with van der Waals surface area (Å²) < 4.78 is 1.04. The summed E-state index contributed by atoms with van der Waals surface area (Å²) in [6.45, 7) is 8.71. The van der Waals surface area contributed by atoms with Crippen molar-refractivity contribution in [2.45, 2.75) is 40.2 Å². The molecule has 0 aliphatic rings. The summed E-state index contributed by atoms with van der Waals surface area (Å²) in [5, 5.41) is 3.56. The molecule has 0 aliphatic carbocycles. The third kappa shape index (κ3) is 3.14. The lowest BCUT2D eigenvalue weighted by Crippen LogP contribution is -2.24. The molecule has 0 bridgehead atoms. The van der Waals surface area contributed by atoms with Gasteiger partial charge in [-0.1, -0.05) is 20.8 Å². The standard InChI is InChI=1S/C13H21BrN2/c1-5-12(8(2)3)16-13-6-9(4)11(15)7-10(13)14/h6-8,12,16H,5,15H2,1-4H3. The number of nitrogen functional groups attached to an aromatic ring is 1. The molecule has 1 aromatic rings. The fraction of sp³-hybridized carbons (Fsp3) is 0.538. The lowest BCUT2D eigenvalue weighted by Gasteiger charge is -2.23. The molecule has 1 aromatic carbocycles. The fourth-order valence-electron chi connectivity index (χ4n) is 1.75. The van der Waals surface area contributed by atoms with Crippen LogP contribution in [0.15, 0.2) is 16.6 Å². The molecule has 1 atom stereocenters. The van der Waals surface area contributed by atoms with Crippen LogP contribution in [0.1, 0.15) is 32.8 Å². The molecule has 2 nitrogen and oxygen atoms in total. The van der Waals surface area contributed by atoms with Gasteiger partial charge in [0.2, 0.25) is 0 Å². The third-order valence-electron chi connectivity index (χ3n) is 2.94. The second kappa shape index (κ2) is 5.58. The second-order valence-electron chi connectivity index (χ2n) is 4.59. The molecule has 0 aliphatic heterocycles. The summed E-state index contributed by atoms with van der Waals surface area (Å²) in [7, 11) is 0. The zero-order chi connectivity index (χ0) is 12.3. The highest BCUT2D eigenvalue weighted by molar-refractivity contribution is 9.10. The molecule has 1 unspecified atom stereocenters. The SMILES string of the molecule is CCC(Nc1cc(C)c(N)cc1Br)C(C)C. The normalized spacial score (nSPS) is 12.9. The van der Waals surface area contributed by atoms with E-state index < -0.39 is 0 Å². The zero-order valence-corrected chi connectivity index (χ0v) is 12.1. The van der Waals surface area contributed by atoms with Gasteiger partial charge >= 0.3 is 0 Å². The molecule has 0 saturated carbocycles. The van der Waals surface area contributed by atoms with E-state index in [9.17, 15) is 0 Å². The maximum absolute atomic E-state index is 5.85. The maximum atomic E-state index is 5.85. The number of hydrogen-bond acceptors (Lipinski definition) is 2. The largest absolute Gasteiger partial charge is 0.398 e. The fourth-order valence-corrected chi connectivity index (χ4v) is 2.22. The number of nitrogens with one attached hydrogen (secondary N) is 1. The van der Waals surface area contributed by atoms with Crippen LogP contribution in [0.2, 0.25) is 0 Å². The van der Waals surface area contributed by atoms with E-state index in [1.165, 1.54) is 0 Å². The molecule has 3 heteroatoms. The van der Waals surface area contributed by atoms with E-state index in [1.54, 1.807) is 0 Å². The van der Waals surface area contributed by atoms with Gasteiger partial charge in [0.25, 0.3) is 0 Å². The first kappa shape index (κ1) is 13.4. The highest BCUT2D eigenvalue weighted by Crippen LogP contribution is 2.29. The molecule has 16 heavy (non-hydrogen) atoms. The predicted molar refractivity (Wildman–Crippen MR) is 75.8 cm³/mol. The van der Waals surface area contributed by atoms with Crippen LogP contribution in [-0.2, 0) is 0 Å². The molecule has 0 saturated heterocycles. The summed E-state index contributed by atoms with van der Waals surface area (Å²) >= 11 is 3.55. The lowest BCUT2D eigenvalue weighted by molar-refractivity contribution is 0.511. The first-order valence-electron chi connectivity index (χ1n) is 5.77. The summed E-state index contributed by atoms with van der Waals surface area (Å²) in [6.07, 6.45) is 1.12. The lowest BCUT2D eigenvalue weighted by atomic mass is 10.0. The smallest absolute Gasteiger partial charge is 0.0491 e. The van der Waals surface area contributed by atoms with Gasteiger partial charge in [-0.2, -0.15) is 0 Å². The van der Waals surface area contributed by atoms with Crippen molar-refractivity contribution in [2.75, 3.05) is 11.1 Å². The molecule has 1 rings (SSSR count). The highest BCUT2D eigenvalue weighted by atomic mass is 79.9. The van der Waals surface area contributed by atoms with E-state index in [4.69, 9.17) is 5.73 Å². The minimum Gasteiger partial charge on any atom is -0.398 e. The number of rotatable bonds is 4. The van der Waals surface area contributed by atoms with Crippen molar-refractivity contribution >= 4 is 27.3 Å². The Bertz CT molecular complexity index is 361. The summed E-state index contributed by atoms with van der Waals surface area (Å²) in [4.78, 5) is 0. The number of aryl methyl sites for hydroxylation is 1. The van der Waals surface area contributed by atoms with Gasteiger partial charge in [-0.15, -0.1) is 0 Å². The molecule has 3 N–H and O–H groups in total. The Hall–Kier alpha value is -0.700. The molecule has 0 amide bonds. The van der Waals surface area contributed by atoms with Crippen LogP contribution in [0, 0.1) is 12.8 Å². The van der Waals surface area contributed by atoms with Crippen LogP contribution >= 0.6 is 15.9 Å². The molecule has 0 spiro atoms. The van der Waals surface area contributed by atoms with Crippen molar-refractivity contribution in [1.82, 2.24) is 0 Å². The van der Waals surface area contributed by atoms with Crippen molar-refractivity contribution in [1.29, 1.82) is 0 Å². The Balaban J connectivity index is 2.92. The van der Waals surface area contributed by atoms with Crippen molar-refractivity contribution in [3.63, 3.8) is 0 Å². The van der Waals surface area contributed by atoms with Crippen molar-refractivity contribution in [3.05, 3.63) is 22.2 Å². The van der Waals surface area contributed by atoms with Crippen LogP contribution in [0.5, 0.6) is 0 Å². The average molecular weight is 285 g/mol. The predicted octanol–water partition coefficient (Wildman–Crippen LogP) is 4.19. The second-order valence-corrected chi connectivity index (χ2v) is 5.45. The summed E-state index contributed by atoms with van der Waals surface area (Å²) in [5.74, 6) is 0.620. The Kier molecular flexibility index (Phi) is 4.66. The first-order chi connectivity index (χ1) is 7.45. The van der Waals surface area contributed by atoms with Crippen LogP contribution < -0.4 is 11.1 Å². The van der Waals surface area contributed by atoms with E-state index >= 15 is 0 Å². The molecule has 90 valence electrons. The number of hydrogen-bond donors (Lipinski definition) is 2. The Morgan fingerprint density at radius 2 is 2.00 bits per heavy atom. The molecular formula is C13H21BrN2. The van der Waals surface area contributed by atoms with Gasteiger partial charge in [0.15, 0.2) is 0 Å². The molecule has 0 heterocycles. The van der Waals surface area contributed by atoms with Gasteiger partial charge in [0.1, 0.15) is 0 Å². The van der Waals surface area contributed by atoms with E-state index in [2.05, 4.69) is 48.1 Å². The van der Waals surface area contributed by atoms with Gasteiger partial charge in [0, 0.05) is 21.9 Å². The van der Waals surface area contributed by atoms with Gasteiger partial charge in [-0.3, -0.25) is 0 Å². The van der Waals surface area contributed by atoms with Crippen LogP contribution in [0.3, 0.4) is 0 Å². The molecule has 0 fully saturated rings. The van der Waals surface area contributed by atoms with E-state index in [1.807, 2.05) is 13.0 Å². The van der Waals surface area contributed by atoms with Gasteiger partial charge < -0.3 is 11.1 Å². The number of anilines is 2. The molecule has 0 aromatic heterocycles. The van der Waals surface area contributed by atoms with Crippen LogP contribution in [-0.4, -0.2) is 6.04 Å². The van der Waals surface area contributed by atoms with Gasteiger partial charge in [0.05, 0.1) is 0 Å².